The highest BCUT2D eigenvalue weighted by molar-refractivity contribution is 5.91. The molecule has 1 atom stereocenters. The summed E-state index contributed by atoms with van der Waals surface area (Å²) in [6.07, 6.45) is 5.64. The molecule has 0 aromatic carbocycles. The zero-order valence-corrected chi connectivity index (χ0v) is 13.9. The molecule has 0 bridgehead atoms. The van der Waals surface area contributed by atoms with E-state index in [-0.39, 0.29) is 12.0 Å². The van der Waals surface area contributed by atoms with Crippen molar-refractivity contribution in [3.63, 3.8) is 0 Å². The lowest BCUT2D eigenvalue weighted by Gasteiger charge is -2.22. The SMILES string of the molecule is COCCn1cc2c(n1)C(CNC(=O)c1cnc(C)cn1)OCC2. The zero-order valence-electron chi connectivity index (χ0n) is 13.9. The zero-order chi connectivity index (χ0) is 16.9. The van der Waals surface area contributed by atoms with E-state index in [4.69, 9.17) is 9.47 Å². The van der Waals surface area contributed by atoms with Gasteiger partial charge in [-0.15, -0.1) is 0 Å². The lowest BCUT2D eigenvalue weighted by Crippen LogP contribution is -2.32. The van der Waals surface area contributed by atoms with Crippen molar-refractivity contribution in [2.75, 3.05) is 26.9 Å². The molecule has 0 saturated carbocycles. The summed E-state index contributed by atoms with van der Waals surface area (Å²) >= 11 is 0. The van der Waals surface area contributed by atoms with Crippen LogP contribution in [0.15, 0.2) is 18.6 Å². The number of amides is 1. The van der Waals surface area contributed by atoms with Crippen LogP contribution in [0, 0.1) is 6.92 Å². The van der Waals surface area contributed by atoms with E-state index < -0.39 is 0 Å². The molecule has 2 aromatic rings. The molecule has 1 amide bonds. The van der Waals surface area contributed by atoms with Crippen LogP contribution in [0.1, 0.15) is 33.5 Å². The number of fused-ring (bicyclic) bond motifs is 1. The van der Waals surface area contributed by atoms with Crippen molar-refractivity contribution >= 4 is 5.91 Å². The summed E-state index contributed by atoms with van der Waals surface area (Å²) in [5, 5.41) is 7.41. The van der Waals surface area contributed by atoms with Gasteiger partial charge in [-0.2, -0.15) is 5.10 Å². The third-order valence-corrected chi connectivity index (χ3v) is 3.85. The van der Waals surface area contributed by atoms with Crippen LogP contribution in [-0.2, 0) is 22.4 Å². The van der Waals surface area contributed by atoms with Crippen LogP contribution in [0.5, 0.6) is 0 Å². The van der Waals surface area contributed by atoms with Gasteiger partial charge in [-0.25, -0.2) is 4.98 Å². The molecule has 8 nitrogen and oxygen atoms in total. The number of methoxy groups -OCH3 is 1. The number of rotatable bonds is 6. The number of aromatic nitrogens is 4. The Morgan fingerprint density at radius 2 is 2.33 bits per heavy atom. The van der Waals surface area contributed by atoms with Crippen LogP contribution in [0.25, 0.3) is 0 Å². The third kappa shape index (κ3) is 3.77. The molecule has 24 heavy (non-hydrogen) atoms. The molecule has 0 saturated heterocycles. The van der Waals surface area contributed by atoms with Crippen LogP contribution in [0.2, 0.25) is 0 Å². The molecule has 1 unspecified atom stereocenters. The van der Waals surface area contributed by atoms with Crippen molar-refractivity contribution in [2.24, 2.45) is 0 Å². The highest BCUT2D eigenvalue weighted by Crippen LogP contribution is 2.25. The minimum Gasteiger partial charge on any atom is -0.383 e. The lowest BCUT2D eigenvalue weighted by molar-refractivity contribution is 0.0381. The Balaban J connectivity index is 1.63. The summed E-state index contributed by atoms with van der Waals surface area (Å²) in [6.45, 7) is 4.10. The number of carbonyl (C=O) groups excluding carboxylic acids is 1. The van der Waals surface area contributed by atoms with E-state index >= 15 is 0 Å². The van der Waals surface area contributed by atoms with Crippen molar-refractivity contribution in [2.45, 2.75) is 26.0 Å². The van der Waals surface area contributed by atoms with Crippen molar-refractivity contribution in [3.8, 4) is 0 Å². The smallest absolute Gasteiger partial charge is 0.271 e. The van der Waals surface area contributed by atoms with Crippen molar-refractivity contribution < 1.29 is 14.3 Å². The molecule has 2 aromatic heterocycles. The standard InChI is InChI=1S/C16H21N5O3/c1-11-7-18-13(8-17-11)16(22)19-9-14-15-12(3-5-24-14)10-21(20-15)4-6-23-2/h7-8,10,14H,3-6,9H2,1-2H3,(H,19,22). The number of aryl methyl sites for hydroxylation is 1. The van der Waals surface area contributed by atoms with E-state index in [0.717, 1.165) is 23.4 Å². The molecule has 0 fully saturated rings. The molecular formula is C16H21N5O3. The van der Waals surface area contributed by atoms with Crippen LogP contribution in [-0.4, -0.2) is 52.5 Å². The second-order valence-electron chi connectivity index (χ2n) is 5.66. The van der Waals surface area contributed by atoms with Gasteiger partial charge in [0, 0.05) is 26.0 Å². The normalized spacial score (nSPS) is 16.7. The van der Waals surface area contributed by atoms with Crippen LogP contribution in [0.4, 0.5) is 0 Å². The Morgan fingerprint density at radius 1 is 1.46 bits per heavy atom. The number of hydrogen-bond acceptors (Lipinski definition) is 6. The Bertz CT molecular complexity index is 698. The van der Waals surface area contributed by atoms with Gasteiger partial charge in [0.15, 0.2) is 0 Å². The molecule has 0 radical (unpaired) electrons. The Hall–Kier alpha value is -2.32. The number of carbonyl (C=O) groups is 1. The fourth-order valence-electron chi connectivity index (χ4n) is 2.57. The molecule has 1 N–H and O–H groups in total. The first kappa shape index (κ1) is 16.5. The first-order valence-electron chi connectivity index (χ1n) is 7.91. The number of nitrogens with zero attached hydrogens (tertiary/aromatic N) is 4. The third-order valence-electron chi connectivity index (χ3n) is 3.85. The van der Waals surface area contributed by atoms with Crippen LogP contribution in [0.3, 0.4) is 0 Å². The molecule has 0 spiro atoms. The van der Waals surface area contributed by atoms with E-state index in [1.807, 2.05) is 17.8 Å². The summed E-state index contributed by atoms with van der Waals surface area (Å²) in [6, 6.07) is 0. The van der Waals surface area contributed by atoms with E-state index in [9.17, 15) is 4.79 Å². The summed E-state index contributed by atoms with van der Waals surface area (Å²) in [5.74, 6) is -0.267. The first-order chi connectivity index (χ1) is 11.7. The maximum Gasteiger partial charge on any atom is 0.271 e. The average Bonchev–Trinajstić information content (AvgIpc) is 3.02. The molecule has 3 rings (SSSR count). The number of hydrogen-bond donors (Lipinski definition) is 1. The monoisotopic (exact) mass is 331 g/mol. The van der Waals surface area contributed by atoms with Gasteiger partial charge in [0.05, 0.1) is 37.3 Å². The molecule has 8 heteroatoms. The van der Waals surface area contributed by atoms with Crippen LogP contribution >= 0.6 is 0 Å². The lowest BCUT2D eigenvalue weighted by atomic mass is 10.1. The summed E-state index contributed by atoms with van der Waals surface area (Å²) in [7, 11) is 1.67. The maximum absolute atomic E-state index is 12.1. The minimum absolute atomic E-state index is 0.250. The van der Waals surface area contributed by atoms with Gasteiger partial charge >= 0.3 is 0 Å². The molecule has 128 valence electrons. The first-order valence-corrected chi connectivity index (χ1v) is 7.91. The molecular weight excluding hydrogens is 310 g/mol. The van der Waals surface area contributed by atoms with Gasteiger partial charge in [0.2, 0.25) is 0 Å². The van der Waals surface area contributed by atoms with Crippen molar-refractivity contribution in [1.29, 1.82) is 0 Å². The van der Waals surface area contributed by atoms with Gasteiger partial charge in [-0.05, 0) is 18.9 Å². The summed E-state index contributed by atoms with van der Waals surface area (Å²) in [5.41, 5.74) is 3.11. The molecule has 1 aliphatic rings. The van der Waals surface area contributed by atoms with E-state index in [0.29, 0.717) is 32.0 Å². The van der Waals surface area contributed by atoms with E-state index in [1.54, 1.807) is 13.3 Å². The summed E-state index contributed by atoms with van der Waals surface area (Å²) < 4.78 is 12.7. The Kier molecular flexibility index (Phi) is 5.17. The van der Waals surface area contributed by atoms with E-state index in [2.05, 4.69) is 20.4 Å². The van der Waals surface area contributed by atoms with Gasteiger partial charge in [-0.3, -0.25) is 14.5 Å². The van der Waals surface area contributed by atoms with Crippen LogP contribution < -0.4 is 5.32 Å². The minimum atomic E-state index is -0.267. The largest absolute Gasteiger partial charge is 0.383 e. The topological polar surface area (TPSA) is 91.2 Å². The molecule has 0 aliphatic carbocycles. The van der Waals surface area contributed by atoms with Crippen molar-refractivity contribution in [1.82, 2.24) is 25.1 Å². The number of ether oxygens (including phenoxy) is 2. The van der Waals surface area contributed by atoms with Gasteiger partial charge in [0.1, 0.15) is 11.8 Å². The second-order valence-corrected chi connectivity index (χ2v) is 5.66. The predicted octanol–water partition coefficient (Wildman–Crippen LogP) is 0.672. The van der Waals surface area contributed by atoms with Gasteiger partial charge in [0.25, 0.3) is 5.91 Å². The fourth-order valence-corrected chi connectivity index (χ4v) is 2.57. The second kappa shape index (κ2) is 7.50. The predicted molar refractivity (Wildman–Crippen MR) is 85.6 cm³/mol. The number of nitrogens with one attached hydrogen (secondary N) is 1. The fraction of sp³-hybridized carbons (Fsp3) is 0.500. The van der Waals surface area contributed by atoms with Gasteiger partial charge < -0.3 is 14.8 Å². The average molecular weight is 331 g/mol. The van der Waals surface area contributed by atoms with E-state index in [1.165, 1.54) is 6.20 Å². The van der Waals surface area contributed by atoms with Gasteiger partial charge in [-0.1, -0.05) is 0 Å². The quantitative estimate of drug-likeness (QED) is 0.837. The Morgan fingerprint density at radius 3 is 3.08 bits per heavy atom. The highest BCUT2D eigenvalue weighted by atomic mass is 16.5. The molecule has 1 aliphatic heterocycles. The summed E-state index contributed by atoms with van der Waals surface area (Å²) in [4.78, 5) is 20.3. The maximum atomic E-state index is 12.1. The highest BCUT2D eigenvalue weighted by Gasteiger charge is 2.25. The Labute approximate surface area is 140 Å². The van der Waals surface area contributed by atoms with Crippen molar-refractivity contribution in [3.05, 3.63) is 41.2 Å². The molecule has 3 heterocycles.